The molecule has 0 spiro atoms. The highest BCUT2D eigenvalue weighted by atomic mass is 32.1. The van der Waals surface area contributed by atoms with Crippen LogP contribution in [0.3, 0.4) is 0 Å². The van der Waals surface area contributed by atoms with Gasteiger partial charge in [0.25, 0.3) is 5.91 Å². The molecule has 0 bridgehead atoms. The zero-order valence-corrected chi connectivity index (χ0v) is 14.1. The van der Waals surface area contributed by atoms with Crippen LogP contribution in [0.2, 0.25) is 0 Å². The molecule has 1 amide bonds. The number of hydrogen-bond acceptors (Lipinski definition) is 5. The highest BCUT2D eigenvalue weighted by molar-refractivity contribution is 7.16. The Morgan fingerprint density at radius 1 is 1.12 bits per heavy atom. The van der Waals surface area contributed by atoms with Crippen LogP contribution in [0.5, 0.6) is 5.75 Å². The summed E-state index contributed by atoms with van der Waals surface area (Å²) in [6.07, 6.45) is 1.74. The van der Waals surface area contributed by atoms with Crippen molar-refractivity contribution in [2.45, 2.75) is 0 Å². The van der Waals surface area contributed by atoms with Crippen molar-refractivity contribution in [3.8, 4) is 5.75 Å². The van der Waals surface area contributed by atoms with Crippen LogP contribution >= 0.6 is 11.3 Å². The number of amides is 1. The monoisotopic (exact) mass is 349 g/mol. The number of nitrogens with one attached hydrogen (secondary N) is 1. The molecule has 2 aromatic carbocycles. The smallest absolute Gasteiger partial charge is 0.251 e. The van der Waals surface area contributed by atoms with Gasteiger partial charge < -0.3 is 10.1 Å². The second-order valence-corrected chi connectivity index (χ2v) is 6.36. The Labute approximate surface area is 148 Å². The Kier molecular flexibility index (Phi) is 4.26. The van der Waals surface area contributed by atoms with Crippen LogP contribution in [0.15, 0.2) is 60.2 Å². The summed E-state index contributed by atoms with van der Waals surface area (Å²) in [5.41, 5.74) is 4.05. The Morgan fingerprint density at radius 3 is 3.00 bits per heavy atom. The lowest BCUT2D eigenvalue weighted by molar-refractivity contribution is 0.0947. The Morgan fingerprint density at radius 2 is 2.04 bits per heavy atom. The number of ether oxygens (including phenoxy) is 1. The standard InChI is InChI=1S/C19H15N3O2S/c23-19(14-6-7-17-15(11-14)22-12-25-17)21-9-10-24-16-5-1-3-13-4-2-8-20-18(13)16/h1-8,11-12H,9-10H2,(H,21,23). The van der Waals surface area contributed by atoms with Crippen molar-refractivity contribution in [1.29, 1.82) is 0 Å². The molecular weight excluding hydrogens is 334 g/mol. The molecule has 6 heteroatoms. The fourth-order valence-electron chi connectivity index (χ4n) is 2.62. The zero-order chi connectivity index (χ0) is 17.1. The number of nitrogens with zero attached hydrogens (tertiary/aromatic N) is 2. The first-order valence-electron chi connectivity index (χ1n) is 7.89. The van der Waals surface area contributed by atoms with Crippen LogP contribution in [0.4, 0.5) is 0 Å². The van der Waals surface area contributed by atoms with Crippen molar-refractivity contribution in [3.63, 3.8) is 0 Å². The van der Waals surface area contributed by atoms with Crippen LogP contribution in [0.1, 0.15) is 10.4 Å². The number of rotatable bonds is 5. The van der Waals surface area contributed by atoms with E-state index in [4.69, 9.17) is 4.74 Å². The van der Waals surface area contributed by atoms with E-state index in [2.05, 4.69) is 15.3 Å². The van der Waals surface area contributed by atoms with E-state index in [9.17, 15) is 4.79 Å². The van der Waals surface area contributed by atoms with Crippen molar-refractivity contribution < 1.29 is 9.53 Å². The maximum absolute atomic E-state index is 12.2. The minimum absolute atomic E-state index is 0.130. The van der Waals surface area contributed by atoms with Crippen LogP contribution < -0.4 is 10.1 Å². The van der Waals surface area contributed by atoms with Gasteiger partial charge in [-0.05, 0) is 30.3 Å². The SMILES string of the molecule is O=C(NCCOc1cccc2cccnc12)c1ccc2scnc2c1. The predicted molar refractivity (Wildman–Crippen MR) is 99.2 cm³/mol. The second kappa shape index (κ2) is 6.86. The van der Waals surface area contributed by atoms with E-state index in [1.165, 1.54) is 0 Å². The van der Waals surface area contributed by atoms with Gasteiger partial charge in [0.2, 0.25) is 0 Å². The van der Waals surface area contributed by atoms with Crippen LogP contribution in [-0.4, -0.2) is 29.0 Å². The summed E-state index contributed by atoms with van der Waals surface area (Å²) in [6.45, 7) is 0.789. The number of benzene rings is 2. The van der Waals surface area contributed by atoms with E-state index in [0.29, 0.717) is 18.7 Å². The minimum atomic E-state index is -0.130. The number of aromatic nitrogens is 2. The summed E-state index contributed by atoms with van der Waals surface area (Å²) in [5.74, 6) is 0.589. The number of thiazole rings is 1. The van der Waals surface area contributed by atoms with Gasteiger partial charge in [0.05, 0.1) is 22.3 Å². The molecule has 124 valence electrons. The number of para-hydroxylation sites is 1. The molecule has 0 aliphatic rings. The molecule has 1 N–H and O–H groups in total. The summed E-state index contributed by atoms with van der Waals surface area (Å²) >= 11 is 1.56. The molecule has 0 saturated carbocycles. The van der Waals surface area contributed by atoms with Gasteiger partial charge in [-0.15, -0.1) is 11.3 Å². The lowest BCUT2D eigenvalue weighted by atomic mass is 10.2. The van der Waals surface area contributed by atoms with Crippen LogP contribution in [0.25, 0.3) is 21.1 Å². The van der Waals surface area contributed by atoms with Crippen molar-refractivity contribution in [2.75, 3.05) is 13.2 Å². The van der Waals surface area contributed by atoms with E-state index in [0.717, 1.165) is 26.9 Å². The summed E-state index contributed by atoms with van der Waals surface area (Å²) in [6, 6.07) is 15.2. The average molecular weight is 349 g/mol. The highest BCUT2D eigenvalue weighted by Gasteiger charge is 2.08. The van der Waals surface area contributed by atoms with Crippen LogP contribution in [-0.2, 0) is 0 Å². The highest BCUT2D eigenvalue weighted by Crippen LogP contribution is 2.22. The maximum atomic E-state index is 12.2. The van der Waals surface area contributed by atoms with E-state index >= 15 is 0 Å². The lowest BCUT2D eigenvalue weighted by Crippen LogP contribution is -2.28. The molecule has 0 unspecified atom stereocenters. The maximum Gasteiger partial charge on any atom is 0.251 e. The molecule has 25 heavy (non-hydrogen) atoms. The van der Waals surface area contributed by atoms with E-state index < -0.39 is 0 Å². The third kappa shape index (κ3) is 3.29. The number of fused-ring (bicyclic) bond motifs is 2. The van der Waals surface area contributed by atoms with E-state index in [1.54, 1.807) is 29.1 Å². The molecule has 0 fully saturated rings. The number of hydrogen-bond donors (Lipinski definition) is 1. The molecule has 5 nitrogen and oxygen atoms in total. The first-order chi connectivity index (χ1) is 12.3. The fraction of sp³-hybridized carbons (Fsp3) is 0.105. The molecule has 4 rings (SSSR count). The van der Waals surface area contributed by atoms with Crippen LogP contribution in [0, 0.1) is 0 Å². The minimum Gasteiger partial charge on any atom is -0.489 e. The van der Waals surface area contributed by atoms with Gasteiger partial charge in [0.15, 0.2) is 0 Å². The molecule has 0 saturated heterocycles. The van der Waals surface area contributed by atoms with Gasteiger partial charge in [-0.25, -0.2) is 4.98 Å². The van der Waals surface area contributed by atoms with Crippen molar-refractivity contribution in [3.05, 3.63) is 65.8 Å². The van der Waals surface area contributed by atoms with Gasteiger partial charge in [0, 0.05) is 17.1 Å². The molecule has 0 radical (unpaired) electrons. The molecular formula is C19H15N3O2S. The predicted octanol–water partition coefficient (Wildman–Crippen LogP) is 3.65. The summed E-state index contributed by atoms with van der Waals surface area (Å²) in [7, 11) is 0. The number of carbonyl (C=O) groups is 1. The first-order valence-corrected chi connectivity index (χ1v) is 8.77. The van der Waals surface area contributed by atoms with Gasteiger partial charge >= 0.3 is 0 Å². The first kappa shape index (κ1) is 15.5. The molecule has 2 aromatic heterocycles. The Balaban J connectivity index is 1.36. The largest absolute Gasteiger partial charge is 0.489 e. The topological polar surface area (TPSA) is 64.1 Å². The normalized spacial score (nSPS) is 10.9. The Hall–Kier alpha value is -2.99. The van der Waals surface area contributed by atoms with Crippen molar-refractivity contribution >= 4 is 38.4 Å². The third-order valence-electron chi connectivity index (χ3n) is 3.83. The summed E-state index contributed by atoms with van der Waals surface area (Å²) < 4.78 is 6.85. The summed E-state index contributed by atoms with van der Waals surface area (Å²) in [4.78, 5) is 20.8. The van der Waals surface area contributed by atoms with Gasteiger partial charge in [0.1, 0.15) is 17.9 Å². The number of carbonyl (C=O) groups excluding carboxylic acids is 1. The van der Waals surface area contributed by atoms with Gasteiger partial charge in [-0.2, -0.15) is 0 Å². The lowest BCUT2D eigenvalue weighted by Gasteiger charge is -2.09. The third-order valence-corrected chi connectivity index (χ3v) is 4.64. The average Bonchev–Trinajstić information content (AvgIpc) is 3.13. The molecule has 0 atom stereocenters. The molecule has 2 heterocycles. The second-order valence-electron chi connectivity index (χ2n) is 5.47. The van der Waals surface area contributed by atoms with Crippen molar-refractivity contribution in [2.24, 2.45) is 0 Å². The van der Waals surface area contributed by atoms with Crippen molar-refractivity contribution in [1.82, 2.24) is 15.3 Å². The molecule has 4 aromatic rings. The van der Waals surface area contributed by atoms with E-state index in [1.807, 2.05) is 42.5 Å². The quantitative estimate of drug-likeness (QED) is 0.559. The summed E-state index contributed by atoms with van der Waals surface area (Å²) in [5, 5.41) is 3.89. The number of pyridine rings is 1. The molecule has 0 aliphatic carbocycles. The Bertz CT molecular complexity index is 1040. The molecule has 0 aliphatic heterocycles. The van der Waals surface area contributed by atoms with Gasteiger partial charge in [-0.1, -0.05) is 18.2 Å². The fourth-order valence-corrected chi connectivity index (χ4v) is 3.28. The zero-order valence-electron chi connectivity index (χ0n) is 13.3. The van der Waals surface area contributed by atoms with E-state index in [-0.39, 0.29) is 5.91 Å². The van der Waals surface area contributed by atoms with Gasteiger partial charge in [-0.3, -0.25) is 9.78 Å².